The molecule has 100 valence electrons. The van der Waals surface area contributed by atoms with Gasteiger partial charge >= 0.3 is 12.0 Å². The Morgan fingerprint density at radius 2 is 2.05 bits per heavy atom. The van der Waals surface area contributed by atoms with E-state index in [9.17, 15) is 9.59 Å². The molecule has 0 bridgehead atoms. The summed E-state index contributed by atoms with van der Waals surface area (Å²) in [6, 6.07) is 8.63. The number of nitrogens with two attached hydrogens (primary N) is 1. The Labute approximate surface area is 114 Å². The predicted octanol–water partition coefficient (Wildman–Crippen LogP) is 2.82. The van der Waals surface area contributed by atoms with Gasteiger partial charge < -0.3 is 10.6 Å². The van der Waals surface area contributed by atoms with E-state index in [1.165, 1.54) is 18.3 Å². The standard InChI is InChI=1S/C13H14N2O3S/c1-8(15(13(14)17)18-9(2)16)12-7-10-5-3-4-6-11(10)19-12/h3-8H,1-2H3,(H2,14,17)/t8-/m1/s1. The average molecular weight is 278 g/mol. The molecule has 2 aromatic rings. The highest BCUT2D eigenvalue weighted by atomic mass is 32.1. The van der Waals surface area contributed by atoms with E-state index in [0.717, 1.165) is 20.0 Å². The zero-order valence-corrected chi connectivity index (χ0v) is 11.4. The summed E-state index contributed by atoms with van der Waals surface area (Å²) in [4.78, 5) is 28.1. The number of carbonyl (C=O) groups excluding carboxylic acids is 2. The number of primary amides is 1. The van der Waals surface area contributed by atoms with Gasteiger partial charge in [0.05, 0.1) is 0 Å². The first-order valence-electron chi connectivity index (χ1n) is 5.74. The first kappa shape index (κ1) is 13.4. The third kappa shape index (κ3) is 2.85. The van der Waals surface area contributed by atoms with Crippen LogP contribution in [-0.2, 0) is 9.63 Å². The van der Waals surface area contributed by atoms with Gasteiger partial charge in [-0.1, -0.05) is 18.2 Å². The van der Waals surface area contributed by atoms with Gasteiger partial charge in [-0.15, -0.1) is 16.4 Å². The minimum Gasteiger partial charge on any atom is -0.349 e. The zero-order chi connectivity index (χ0) is 14.0. The van der Waals surface area contributed by atoms with Gasteiger partial charge in [-0.05, 0) is 24.4 Å². The molecule has 0 spiro atoms. The van der Waals surface area contributed by atoms with Crippen molar-refractivity contribution in [3.8, 4) is 0 Å². The molecule has 6 heteroatoms. The maximum Gasteiger partial charge on any atom is 0.348 e. The van der Waals surface area contributed by atoms with Crippen LogP contribution in [0.5, 0.6) is 0 Å². The molecule has 1 aromatic carbocycles. The summed E-state index contributed by atoms with van der Waals surface area (Å²) in [6.45, 7) is 2.99. The van der Waals surface area contributed by atoms with Gasteiger partial charge in [0.1, 0.15) is 6.04 Å². The van der Waals surface area contributed by atoms with Gasteiger partial charge in [0.2, 0.25) is 0 Å². The molecule has 2 amide bonds. The molecule has 5 nitrogen and oxygen atoms in total. The summed E-state index contributed by atoms with van der Waals surface area (Å²) in [5, 5.41) is 1.98. The van der Waals surface area contributed by atoms with Crippen LogP contribution in [-0.4, -0.2) is 17.1 Å². The van der Waals surface area contributed by atoms with Gasteiger partial charge in [0, 0.05) is 16.5 Å². The van der Waals surface area contributed by atoms with Crippen molar-refractivity contribution in [2.24, 2.45) is 5.73 Å². The normalized spacial score (nSPS) is 12.1. The fraction of sp³-hybridized carbons (Fsp3) is 0.231. The first-order chi connectivity index (χ1) is 8.99. The lowest BCUT2D eigenvalue weighted by Gasteiger charge is -2.23. The smallest absolute Gasteiger partial charge is 0.348 e. The van der Waals surface area contributed by atoms with Crippen molar-refractivity contribution in [3.63, 3.8) is 0 Å². The SMILES string of the molecule is CC(=O)ON(C(N)=O)[C@H](C)c1cc2ccccc2s1. The molecule has 2 rings (SSSR count). The van der Waals surface area contributed by atoms with Gasteiger partial charge in [-0.2, -0.15) is 0 Å². The number of benzene rings is 1. The van der Waals surface area contributed by atoms with Crippen molar-refractivity contribution in [1.29, 1.82) is 0 Å². The summed E-state index contributed by atoms with van der Waals surface area (Å²) >= 11 is 1.54. The van der Waals surface area contributed by atoms with Crippen LogP contribution < -0.4 is 5.73 Å². The van der Waals surface area contributed by atoms with Crippen LogP contribution in [0.4, 0.5) is 4.79 Å². The molecule has 19 heavy (non-hydrogen) atoms. The second-order valence-corrected chi connectivity index (χ2v) is 5.22. The minimum atomic E-state index is -0.792. The number of hydroxylamine groups is 2. The molecule has 0 aliphatic rings. The van der Waals surface area contributed by atoms with Crippen LogP contribution in [0.2, 0.25) is 0 Å². The van der Waals surface area contributed by atoms with Gasteiger partial charge in [0.25, 0.3) is 0 Å². The van der Waals surface area contributed by atoms with Gasteiger partial charge in [-0.25, -0.2) is 4.79 Å². The quantitative estimate of drug-likeness (QED) is 0.858. The van der Waals surface area contributed by atoms with Crippen molar-refractivity contribution in [2.75, 3.05) is 0 Å². The Bertz CT molecular complexity index is 590. The number of nitrogens with zero attached hydrogens (tertiary/aromatic N) is 1. The molecule has 0 radical (unpaired) electrons. The fourth-order valence-corrected chi connectivity index (χ4v) is 2.87. The van der Waals surface area contributed by atoms with Crippen molar-refractivity contribution in [2.45, 2.75) is 19.9 Å². The largest absolute Gasteiger partial charge is 0.349 e. The number of carbonyl (C=O) groups is 2. The summed E-state index contributed by atoms with van der Waals surface area (Å²) < 4.78 is 1.11. The lowest BCUT2D eigenvalue weighted by molar-refractivity contribution is -0.180. The summed E-state index contributed by atoms with van der Waals surface area (Å²) in [6.07, 6.45) is 0. The zero-order valence-electron chi connectivity index (χ0n) is 10.6. The average Bonchev–Trinajstić information content (AvgIpc) is 2.78. The maximum atomic E-state index is 11.3. The second kappa shape index (κ2) is 5.27. The number of hydrogen-bond donors (Lipinski definition) is 1. The number of urea groups is 1. The van der Waals surface area contributed by atoms with Crippen molar-refractivity contribution in [3.05, 3.63) is 35.2 Å². The van der Waals surface area contributed by atoms with Crippen LogP contribution in [0.15, 0.2) is 30.3 Å². The summed E-state index contributed by atoms with van der Waals surface area (Å²) in [5.41, 5.74) is 5.23. The van der Waals surface area contributed by atoms with Crippen molar-refractivity contribution in [1.82, 2.24) is 5.06 Å². The van der Waals surface area contributed by atoms with E-state index in [1.54, 1.807) is 6.92 Å². The lowest BCUT2D eigenvalue weighted by Crippen LogP contribution is -2.38. The first-order valence-corrected chi connectivity index (χ1v) is 6.56. The van der Waals surface area contributed by atoms with E-state index in [2.05, 4.69) is 0 Å². The number of thiophene rings is 1. The monoisotopic (exact) mass is 278 g/mol. The fourth-order valence-electron chi connectivity index (χ4n) is 1.78. The highest BCUT2D eigenvalue weighted by Gasteiger charge is 2.24. The summed E-state index contributed by atoms with van der Waals surface area (Å²) in [5.74, 6) is -0.577. The molecule has 2 N–H and O–H groups in total. The molecule has 0 aliphatic carbocycles. The lowest BCUT2D eigenvalue weighted by atomic mass is 10.2. The van der Waals surface area contributed by atoms with E-state index in [-0.39, 0.29) is 0 Å². The minimum absolute atomic E-state index is 0.418. The Morgan fingerprint density at radius 1 is 1.37 bits per heavy atom. The molecule has 1 heterocycles. The molecule has 0 aliphatic heterocycles. The van der Waals surface area contributed by atoms with Crippen LogP contribution in [0.3, 0.4) is 0 Å². The Morgan fingerprint density at radius 3 is 2.63 bits per heavy atom. The number of rotatable bonds is 2. The number of fused-ring (bicyclic) bond motifs is 1. The topological polar surface area (TPSA) is 72.6 Å². The second-order valence-electron chi connectivity index (χ2n) is 4.11. The van der Waals surface area contributed by atoms with Gasteiger partial charge in [0.15, 0.2) is 0 Å². The number of amides is 2. The molecule has 1 aromatic heterocycles. The highest BCUT2D eigenvalue weighted by Crippen LogP contribution is 2.32. The Hall–Kier alpha value is -2.08. The van der Waals surface area contributed by atoms with E-state index >= 15 is 0 Å². The van der Waals surface area contributed by atoms with E-state index in [1.807, 2.05) is 30.3 Å². The van der Waals surface area contributed by atoms with E-state index in [0.29, 0.717) is 0 Å². The molecule has 0 saturated heterocycles. The molecule has 1 atom stereocenters. The number of hydrogen-bond acceptors (Lipinski definition) is 4. The third-order valence-electron chi connectivity index (χ3n) is 2.65. The maximum absolute atomic E-state index is 11.3. The van der Waals surface area contributed by atoms with E-state index < -0.39 is 18.0 Å². The van der Waals surface area contributed by atoms with Crippen LogP contribution >= 0.6 is 11.3 Å². The Kier molecular flexibility index (Phi) is 3.71. The predicted molar refractivity (Wildman–Crippen MR) is 73.4 cm³/mol. The molecular formula is C13H14N2O3S. The van der Waals surface area contributed by atoms with Crippen LogP contribution in [0, 0.1) is 0 Å². The van der Waals surface area contributed by atoms with Crippen LogP contribution in [0.25, 0.3) is 10.1 Å². The molecule has 0 unspecified atom stereocenters. The third-order valence-corrected chi connectivity index (χ3v) is 3.94. The Balaban J connectivity index is 2.32. The molecule has 0 fully saturated rings. The highest BCUT2D eigenvalue weighted by molar-refractivity contribution is 7.19. The summed E-state index contributed by atoms with van der Waals surface area (Å²) in [7, 11) is 0. The van der Waals surface area contributed by atoms with Crippen LogP contribution in [0.1, 0.15) is 24.8 Å². The molecule has 0 saturated carbocycles. The molecular weight excluding hydrogens is 264 g/mol. The van der Waals surface area contributed by atoms with E-state index in [4.69, 9.17) is 10.6 Å². The van der Waals surface area contributed by atoms with Gasteiger partial charge in [-0.3, -0.25) is 4.79 Å². The van der Waals surface area contributed by atoms with Crippen molar-refractivity contribution >= 4 is 33.4 Å². The van der Waals surface area contributed by atoms with Crippen molar-refractivity contribution < 1.29 is 14.4 Å².